The normalized spacial score (nSPS) is 11.6. The van der Waals surface area contributed by atoms with E-state index in [4.69, 9.17) is 23.2 Å². The fourth-order valence-electron chi connectivity index (χ4n) is 1.69. The van der Waals surface area contributed by atoms with E-state index in [-0.39, 0.29) is 16.1 Å². The lowest BCUT2D eigenvalue weighted by molar-refractivity contribution is -0.138. The van der Waals surface area contributed by atoms with E-state index in [9.17, 15) is 18.0 Å². The minimum absolute atomic E-state index is 0.0450. The first-order valence-corrected chi connectivity index (χ1v) is 5.80. The molecule has 1 heterocycles. The minimum Gasteiger partial charge on any atom is -0.329 e. The van der Waals surface area contributed by atoms with E-state index < -0.39 is 17.3 Å². The van der Waals surface area contributed by atoms with Gasteiger partial charge in [0.25, 0.3) is 5.56 Å². The van der Waals surface area contributed by atoms with E-state index in [1.165, 1.54) is 18.2 Å². The molecule has 0 spiro atoms. The fourth-order valence-corrected chi connectivity index (χ4v) is 2.20. The topological polar surface area (TPSA) is 32.9 Å². The van der Waals surface area contributed by atoms with Crippen LogP contribution in [0.1, 0.15) is 5.56 Å². The third kappa shape index (κ3) is 2.77. The lowest BCUT2D eigenvalue weighted by Gasteiger charge is -2.12. The van der Waals surface area contributed by atoms with Crippen LogP contribution in [0.15, 0.2) is 35.3 Å². The molecule has 1 N–H and O–H groups in total. The molecule has 0 amide bonds. The van der Waals surface area contributed by atoms with Crippen molar-refractivity contribution < 1.29 is 13.2 Å². The molecule has 0 aliphatic rings. The molecule has 0 fully saturated rings. The van der Waals surface area contributed by atoms with Crippen LogP contribution in [0.3, 0.4) is 0 Å². The van der Waals surface area contributed by atoms with E-state index in [0.717, 1.165) is 12.3 Å². The lowest BCUT2D eigenvalue weighted by Crippen LogP contribution is -2.22. The van der Waals surface area contributed by atoms with Gasteiger partial charge in [0.2, 0.25) is 0 Å². The van der Waals surface area contributed by atoms with Crippen LogP contribution >= 0.6 is 23.2 Å². The predicted octanol–water partition coefficient (Wildman–Crippen LogP) is 4.37. The van der Waals surface area contributed by atoms with Gasteiger partial charge in [0.1, 0.15) is 5.56 Å². The van der Waals surface area contributed by atoms with Crippen molar-refractivity contribution in [3.05, 3.63) is 56.4 Å². The zero-order valence-corrected chi connectivity index (χ0v) is 10.7. The second-order valence-electron chi connectivity index (χ2n) is 3.72. The molecule has 1 aromatic carbocycles. The van der Waals surface area contributed by atoms with Gasteiger partial charge in [0, 0.05) is 27.4 Å². The van der Waals surface area contributed by atoms with Gasteiger partial charge in [-0.05, 0) is 18.2 Å². The number of hydrogen-bond acceptors (Lipinski definition) is 1. The zero-order valence-electron chi connectivity index (χ0n) is 9.18. The van der Waals surface area contributed by atoms with Crippen LogP contribution in [-0.2, 0) is 6.18 Å². The minimum atomic E-state index is -4.77. The summed E-state index contributed by atoms with van der Waals surface area (Å²) in [5.41, 5.74) is -2.67. The number of nitrogens with one attached hydrogen (secondary N) is 1. The van der Waals surface area contributed by atoms with E-state index >= 15 is 0 Å². The molecule has 0 atom stereocenters. The summed E-state index contributed by atoms with van der Waals surface area (Å²) in [6, 6.07) is 5.22. The van der Waals surface area contributed by atoms with Gasteiger partial charge in [-0.2, -0.15) is 13.2 Å². The first-order chi connectivity index (χ1) is 8.80. The van der Waals surface area contributed by atoms with Gasteiger partial charge in [-0.15, -0.1) is 0 Å². The van der Waals surface area contributed by atoms with Gasteiger partial charge in [-0.3, -0.25) is 4.79 Å². The average molecular weight is 308 g/mol. The van der Waals surface area contributed by atoms with Crippen LogP contribution in [0, 0.1) is 0 Å². The Hall–Kier alpha value is -1.46. The van der Waals surface area contributed by atoms with Gasteiger partial charge >= 0.3 is 6.18 Å². The van der Waals surface area contributed by atoms with Crippen LogP contribution < -0.4 is 5.56 Å². The summed E-state index contributed by atoms with van der Waals surface area (Å²) in [5, 5.41) is 0.343. The number of benzene rings is 1. The molecule has 2 rings (SSSR count). The van der Waals surface area contributed by atoms with Gasteiger partial charge < -0.3 is 4.98 Å². The smallest absolute Gasteiger partial charge is 0.329 e. The highest BCUT2D eigenvalue weighted by Crippen LogP contribution is 2.37. The average Bonchev–Trinajstić information content (AvgIpc) is 2.26. The monoisotopic (exact) mass is 307 g/mol. The summed E-state index contributed by atoms with van der Waals surface area (Å²) >= 11 is 11.6. The maximum Gasteiger partial charge on any atom is 0.422 e. The molecular formula is C12H6Cl2F3NO. The molecule has 1 aromatic heterocycles. The van der Waals surface area contributed by atoms with E-state index in [1.54, 1.807) is 0 Å². The molecule has 0 bridgehead atoms. The second kappa shape index (κ2) is 4.90. The summed E-state index contributed by atoms with van der Waals surface area (Å²) in [6.45, 7) is 0. The van der Waals surface area contributed by atoms with Crippen LogP contribution in [0.5, 0.6) is 0 Å². The van der Waals surface area contributed by atoms with E-state index in [1.807, 2.05) is 4.98 Å². The van der Waals surface area contributed by atoms with Crippen molar-refractivity contribution >= 4 is 23.2 Å². The Morgan fingerprint density at radius 3 is 2.32 bits per heavy atom. The first kappa shape index (κ1) is 14.0. The quantitative estimate of drug-likeness (QED) is 0.834. The molecule has 0 aliphatic carbocycles. The van der Waals surface area contributed by atoms with Crippen LogP contribution in [0.2, 0.25) is 10.0 Å². The molecule has 0 unspecified atom stereocenters. The number of H-pyrrole nitrogens is 1. The Morgan fingerprint density at radius 1 is 1.05 bits per heavy atom. The Balaban J connectivity index is 2.76. The first-order valence-electron chi connectivity index (χ1n) is 5.05. The summed E-state index contributed by atoms with van der Waals surface area (Å²) < 4.78 is 38.8. The lowest BCUT2D eigenvalue weighted by atomic mass is 10.0. The zero-order chi connectivity index (χ0) is 14.2. The molecule has 100 valence electrons. The standard InChI is InChI=1S/C12H6Cl2F3NO/c13-6-1-2-7(9(14)5-6)8-3-4-18-11(19)10(8)12(15,16)17/h1-5H,(H,18,19). The van der Waals surface area contributed by atoms with Crippen molar-refractivity contribution in [2.75, 3.05) is 0 Å². The maximum atomic E-state index is 12.9. The van der Waals surface area contributed by atoms with Crippen molar-refractivity contribution in [2.45, 2.75) is 6.18 Å². The number of rotatable bonds is 1. The Labute approximate surface area is 115 Å². The Kier molecular flexibility index (Phi) is 3.60. The van der Waals surface area contributed by atoms with Crippen molar-refractivity contribution in [1.29, 1.82) is 0 Å². The fraction of sp³-hybridized carbons (Fsp3) is 0.0833. The summed E-state index contributed by atoms with van der Waals surface area (Å²) in [7, 11) is 0. The molecule has 19 heavy (non-hydrogen) atoms. The van der Waals surface area contributed by atoms with Gasteiger partial charge in [0.05, 0.1) is 0 Å². The van der Waals surface area contributed by atoms with Crippen LogP contribution in [0.25, 0.3) is 11.1 Å². The highest BCUT2D eigenvalue weighted by molar-refractivity contribution is 6.36. The molecule has 0 aliphatic heterocycles. The summed E-state index contributed by atoms with van der Waals surface area (Å²) in [6.07, 6.45) is -3.63. The van der Waals surface area contributed by atoms with Crippen molar-refractivity contribution in [3.63, 3.8) is 0 Å². The second-order valence-corrected chi connectivity index (χ2v) is 4.56. The summed E-state index contributed by atoms with van der Waals surface area (Å²) in [4.78, 5) is 13.4. The van der Waals surface area contributed by atoms with Crippen molar-refractivity contribution in [3.8, 4) is 11.1 Å². The van der Waals surface area contributed by atoms with Crippen molar-refractivity contribution in [1.82, 2.24) is 4.98 Å². The number of aromatic amines is 1. The number of alkyl halides is 3. The van der Waals surface area contributed by atoms with E-state index in [0.29, 0.717) is 5.02 Å². The highest BCUT2D eigenvalue weighted by Gasteiger charge is 2.37. The SMILES string of the molecule is O=c1[nH]ccc(-c2ccc(Cl)cc2Cl)c1C(F)(F)F. The molecule has 2 nitrogen and oxygen atoms in total. The Morgan fingerprint density at radius 2 is 1.74 bits per heavy atom. The molecule has 0 saturated carbocycles. The third-order valence-electron chi connectivity index (χ3n) is 2.47. The molecular weight excluding hydrogens is 302 g/mol. The Bertz CT molecular complexity index is 679. The maximum absolute atomic E-state index is 12.9. The number of halogens is 5. The van der Waals surface area contributed by atoms with Gasteiger partial charge in [-0.25, -0.2) is 0 Å². The van der Waals surface area contributed by atoms with E-state index in [2.05, 4.69) is 0 Å². The molecule has 0 saturated heterocycles. The predicted molar refractivity (Wildman–Crippen MR) is 67.5 cm³/mol. The van der Waals surface area contributed by atoms with Crippen molar-refractivity contribution in [2.24, 2.45) is 0 Å². The van der Waals surface area contributed by atoms with Crippen LogP contribution in [0.4, 0.5) is 13.2 Å². The van der Waals surface area contributed by atoms with Crippen LogP contribution in [-0.4, -0.2) is 4.98 Å². The number of pyridine rings is 1. The number of hydrogen-bond donors (Lipinski definition) is 1. The molecule has 7 heteroatoms. The molecule has 0 radical (unpaired) electrons. The third-order valence-corrected chi connectivity index (χ3v) is 3.01. The highest BCUT2D eigenvalue weighted by atomic mass is 35.5. The summed E-state index contributed by atoms with van der Waals surface area (Å²) in [5.74, 6) is 0. The van der Waals surface area contributed by atoms with Gasteiger partial charge in [0.15, 0.2) is 0 Å². The largest absolute Gasteiger partial charge is 0.422 e. The molecule has 2 aromatic rings. The van der Waals surface area contributed by atoms with Gasteiger partial charge in [-0.1, -0.05) is 29.3 Å². The number of aromatic nitrogens is 1.